The lowest BCUT2D eigenvalue weighted by molar-refractivity contribution is -0.121. The van der Waals surface area contributed by atoms with Gasteiger partial charge in [-0.25, -0.2) is 0 Å². The summed E-state index contributed by atoms with van der Waals surface area (Å²) in [5.74, 6) is 1.79. The molecule has 0 aromatic heterocycles. The molecule has 0 spiro atoms. The van der Waals surface area contributed by atoms with Crippen LogP contribution in [0.1, 0.15) is 51.0 Å². The predicted octanol–water partition coefficient (Wildman–Crippen LogP) is 5.23. The fraction of sp³-hybridized carbons (Fsp3) is 0.542. The summed E-state index contributed by atoms with van der Waals surface area (Å²) in [6, 6.07) is 8.55. The van der Waals surface area contributed by atoms with Crippen LogP contribution in [0.5, 0.6) is 5.75 Å². The molecule has 0 N–H and O–H groups in total. The van der Waals surface area contributed by atoms with Crippen molar-refractivity contribution >= 4 is 5.78 Å². The maximum atomic E-state index is 13.3. The number of hydrogen-bond donors (Lipinski definition) is 0. The first-order valence-corrected chi connectivity index (χ1v) is 10.1. The molecule has 5 atom stereocenters. The standard InChI is InChI=1S/C24H28O2/c1-22-13-5-6-14-23(22)15-16-24(22,17-9-11-18(26-2)12-10-17)21-19(23)7-3-4-8-20(21)25/h4,8-12,15-16,19,21H,3,5-7,13-14H2,1-2H3/t19-,21-,22-,23+,24+/m0/s1. The van der Waals surface area contributed by atoms with E-state index in [2.05, 4.69) is 49.4 Å². The molecule has 0 saturated heterocycles. The highest BCUT2D eigenvalue weighted by Gasteiger charge is 2.76. The maximum Gasteiger partial charge on any atom is 0.159 e. The number of carbonyl (C=O) groups excluding carboxylic acids is 1. The van der Waals surface area contributed by atoms with Crippen LogP contribution in [0.4, 0.5) is 0 Å². The Morgan fingerprint density at radius 3 is 2.62 bits per heavy atom. The molecule has 0 unspecified atom stereocenters. The van der Waals surface area contributed by atoms with Gasteiger partial charge in [-0.1, -0.05) is 50.1 Å². The number of benzene rings is 1. The monoisotopic (exact) mass is 348 g/mol. The van der Waals surface area contributed by atoms with Crippen LogP contribution in [0.25, 0.3) is 0 Å². The number of methoxy groups -OCH3 is 1. The number of fused-ring (bicyclic) bond motifs is 2. The number of ether oxygens (including phenoxy) is 1. The molecule has 136 valence electrons. The first kappa shape index (κ1) is 16.4. The predicted molar refractivity (Wildman–Crippen MR) is 103 cm³/mol. The number of carbonyl (C=O) groups is 1. The minimum atomic E-state index is -0.171. The van der Waals surface area contributed by atoms with Crippen molar-refractivity contribution in [3.05, 3.63) is 54.1 Å². The molecule has 1 aromatic carbocycles. The summed E-state index contributed by atoms with van der Waals surface area (Å²) < 4.78 is 5.39. The van der Waals surface area contributed by atoms with Gasteiger partial charge < -0.3 is 4.74 Å². The smallest absolute Gasteiger partial charge is 0.159 e. The largest absolute Gasteiger partial charge is 0.497 e. The first-order valence-electron chi connectivity index (χ1n) is 10.1. The van der Waals surface area contributed by atoms with Gasteiger partial charge in [0.1, 0.15) is 5.75 Å². The normalized spacial score (nSPS) is 43.1. The van der Waals surface area contributed by atoms with Gasteiger partial charge in [0.15, 0.2) is 5.78 Å². The van der Waals surface area contributed by atoms with Gasteiger partial charge in [0.25, 0.3) is 0 Å². The summed E-state index contributed by atoms with van der Waals surface area (Å²) >= 11 is 0. The van der Waals surface area contributed by atoms with Crippen LogP contribution in [0.2, 0.25) is 0 Å². The molecule has 0 radical (unpaired) electrons. The molecule has 0 amide bonds. The Kier molecular flexibility index (Phi) is 3.36. The molecular weight excluding hydrogens is 320 g/mol. The average Bonchev–Trinajstić information content (AvgIpc) is 2.92. The van der Waals surface area contributed by atoms with E-state index in [1.165, 1.54) is 31.2 Å². The molecular formula is C24H28O2. The van der Waals surface area contributed by atoms with Crippen LogP contribution < -0.4 is 4.74 Å². The van der Waals surface area contributed by atoms with Gasteiger partial charge in [0, 0.05) is 11.3 Å². The fourth-order valence-corrected chi connectivity index (χ4v) is 7.39. The molecule has 2 saturated carbocycles. The number of ketones is 1. The van der Waals surface area contributed by atoms with Crippen LogP contribution in [-0.2, 0) is 10.2 Å². The molecule has 1 aromatic rings. The van der Waals surface area contributed by atoms with Crippen molar-refractivity contribution in [1.82, 2.24) is 0 Å². The highest BCUT2D eigenvalue weighted by atomic mass is 16.5. The minimum absolute atomic E-state index is 0.0859. The van der Waals surface area contributed by atoms with Crippen molar-refractivity contribution in [2.24, 2.45) is 22.7 Å². The molecule has 2 bridgehead atoms. The summed E-state index contributed by atoms with van der Waals surface area (Å²) in [5, 5.41) is 0. The molecule has 4 aliphatic rings. The van der Waals surface area contributed by atoms with Gasteiger partial charge in [0.05, 0.1) is 7.11 Å². The van der Waals surface area contributed by atoms with Crippen LogP contribution in [-0.4, -0.2) is 12.9 Å². The second kappa shape index (κ2) is 5.34. The van der Waals surface area contributed by atoms with Crippen molar-refractivity contribution < 1.29 is 9.53 Å². The number of hydrogen-bond acceptors (Lipinski definition) is 2. The van der Waals surface area contributed by atoms with Crippen molar-refractivity contribution in [3.8, 4) is 5.75 Å². The van der Waals surface area contributed by atoms with E-state index in [1.807, 2.05) is 6.08 Å². The zero-order valence-corrected chi connectivity index (χ0v) is 15.8. The van der Waals surface area contributed by atoms with Crippen LogP contribution in [0.15, 0.2) is 48.6 Å². The van der Waals surface area contributed by atoms with Crippen molar-refractivity contribution in [2.75, 3.05) is 7.11 Å². The van der Waals surface area contributed by atoms with E-state index in [-0.39, 0.29) is 22.2 Å². The lowest BCUT2D eigenvalue weighted by atomic mass is 9.52. The van der Waals surface area contributed by atoms with Crippen LogP contribution in [0.3, 0.4) is 0 Å². The van der Waals surface area contributed by atoms with E-state index in [0.29, 0.717) is 11.7 Å². The molecule has 4 aliphatic carbocycles. The molecule has 2 fully saturated rings. The van der Waals surface area contributed by atoms with Gasteiger partial charge in [0.2, 0.25) is 0 Å². The minimum Gasteiger partial charge on any atom is -0.497 e. The first-order chi connectivity index (χ1) is 12.6. The summed E-state index contributed by atoms with van der Waals surface area (Å²) in [6.07, 6.45) is 16.2. The van der Waals surface area contributed by atoms with Gasteiger partial charge in [-0.15, -0.1) is 0 Å². The third-order valence-corrected chi connectivity index (χ3v) is 8.46. The van der Waals surface area contributed by atoms with Gasteiger partial charge in [-0.2, -0.15) is 0 Å². The van der Waals surface area contributed by atoms with E-state index >= 15 is 0 Å². The van der Waals surface area contributed by atoms with Crippen LogP contribution in [0, 0.1) is 22.7 Å². The summed E-state index contributed by atoms with van der Waals surface area (Å²) in [5.41, 5.74) is 1.47. The molecule has 26 heavy (non-hydrogen) atoms. The summed E-state index contributed by atoms with van der Waals surface area (Å²) in [4.78, 5) is 13.3. The Morgan fingerprint density at radius 2 is 1.85 bits per heavy atom. The zero-order chi connectivity index (χ0) is 18.0. The third kappa shape index (κ3) is 1.67. The highest BCUT2D eigenvalue weighted by Crippen LogP contribution is 2.79. The van der Waals surface area contributed by atoms with E-state index in [0.717, 1.165) is 18.6 Å². The molecule has 5 rings (SSSR count). The molecule has 2 nitrogen and oxygen atoms in total. The van der Waals surface area contributed by atoms with Gasteiger partial charge >= 0.3 is 0 Å². The van der Waals surface area contributed by atoms with Crippen LogP contribution >= 0.6 is 0 Å². The quantitative estimate of drug-likeness (QED) is 0.684. The molecule has 0 aliphatic heterocycles. The summed E-state index contributed by atoms with van der Waals surface area (Å²) in [7, 11) is 1.71. The molecule has 2 heteroatoms. The maximum absolute atomic E-state index is 13.3. The number of rotatable bonds is 2. The van der Waals surface area contributed by atoms with E-state index < -0.39 is 0 Å². The second-order valence-electron chi connectivity index (χ2n) is 8.98. The lowest BCUT2D eigenvalue weighted by Crippen LogP contribution is -2.47. The average molecular weight is 348 g/mol. The van der Waals surface area contributed by atoms with E-state index in [4.69, 9.17) is 4.74 Å². The van der Waals surface area contributed by atoms with Crippen molar-refractivity contribution in [2.45, 2.75) is 50.9 Å². The Morgan fingerprint density at radius 1 is 1.08 bits per heavy atom. The highest BCUT2D eigenvalue weighted by molar-refractivity contribution is 5.95. The van der Waals surface area contributed by atoms with Crippen molar-refractivity contribution in [1.29, 1.82) is 0 Å². The topological polar surface area (TPSA) is 26.3 Å². The fourth-order valence-electron chi connectivity index (χ4n) is 7.39. The Bertz CT molecular complexity index is 804. The third-order valence-electron chi connectivity index (χ3n) is 8.46. The Hall–Kier alpha value is -1.83. The van der Waals surface area contributed by atoms with Crippen molar-refractivity contribution in [3.63, 3.8) is 0 Å². The zero-order valence-electron chi connectivity index (χ0n) is 15.8. The van der Waals surface area contributed by atoms with Gasteiger partial charge in [-0.05, 0) is 66.2 Å². The Balaban J connectivity index is 1.76. The van der Waals surface area contributed by atoms with E-state index in [9.17, 15) is 4.79 Å². The second-order valence-corrected chi connectivity index (χ2v) is 8.98. The number of allylic oxidation sites excluding steroid dienone is 4. The SMILES string of the molecule is COc1ccc([C@@]23C=C[C@]4(CCCC[C@@]42C)[C@H]2CCC=CC(=O)[C@H]23)cc1. The summed E-state index contributed by atoms with van der Waals surface area (Å²) in [6.45, 7) is 2.49. The lowest BCUT2D eigenvalue weighted by Gasteiger charge is -2.51. The molecule has 0 heterocycles. The Labute approximate surface area is 156 Å². The van der Waals surface area contributed by atoms with E-state index in [1.54, 1.807) is 7.11 Å². The van der Waals surface area contributed by atoms with Gasteiger partial charge in [-0.3, -0.25) is 4.79 Å².